The van der Waals surface area contributed by atoms with Crippen molar-refractivity contribution in [1.82, 2.24) is 14.4 Å². The smallest absolute Gasteiger partial charge is 0.180 e. The Morgan fingerprint density at radius 3 is 2.76 bits per heavy atom. The Morgan fingerprint density at radius 1 is 1.12 bits per heavy atom. The number of ether oxygens (including phenoxy) is 2. The van der Waals surface area contributed by atoms with Gasteiger partial charge in [-0.1, -0.05) is 0 Å². The van der Waals surface area contributed by atoms with E-state index in [9.17, 15) is 0 Å². The molecule has 3 heterocycles. The van der Waals surface area contributed by atoms with Crippen molar-refractivity contribution in [3.63, 3.8) is 0 Å². The molecule has 0 unspecified atom stereocenters. The van der Waals surface area contributed by atoms with E-state index < -0.39 is 0 Å². The molecule has 1 N–H and O–H groups in total. The average molecular weight is 352 g/mol. The highest BCUT2D eigenvalue weighted by Gasteiger charge is 2.11. The van der Waals surface area contributed by atoms with Crippen LogP contribution in [0.1, 0.15) is 0 Å². The molecular formula is C18H16N4O2S. The quantitative estimate of drug-likeness (QED) is 0.583. The number of nitrogens with one attached hydrogen (secondary N) is 1. The first kappa shape index (κ1) is 15.5. The molecule has 0 fully saturated rings. The van der Waals surface area contributed by atoms with Crippen molar-refractivity contribution in [3.05, 3.63) is 53.6 Å². The molecule has 0 aliphatic rings. The number of fused-ring (bicyclic) bond motifs is 1. The first-order valence-corrected chi connectivity index (χ1v) is 8.58. The Kier molecular flexibility index (Phi) is 3.99. The van der Waals surface area contributed by atoms with Crippen molar-refractivity contribution in [2.45, 2.75) is 0 Å². The van der Waals surface area contributed by atoms with E-state index in [2.05, 4.69) is 21.7 Å². The van der Waals surface area contributed by atoms with Crippen LogP contribution in [0, 0.1) is 0 Å². The molecule has 0 saturated carbocycles. The molecule has 3 aromatic heterocycles. The van der Waals surface area contributed by atoms with Crippen LogP contribution in [0.25, 0.3) is 16.9 Å². The van der Waals surface area contributed by atoms with Gasteiger partial charge in [-0.2, -0.15) is 11.3 Å². The lowest BCUT2D eigenvalue weighted by atomic mass is 10.2. The molecule has 0 atom stereocenters. The van der Waals surface area contributed by atoms with Crippen LogP contribution in [0.15, 0.2) is 53.6 Å². The maximum Gasteiger partial charge on any atom is 0.180 e. The lowest BCUT2D eigenvalue weighted by Crippen LogP contribution is -2.00. The summed E-state index contributed by atoms with van der Waals surface area (Å²) in [4.78, 5) is 9.15. The average Bonchev–Trinajstić information content (AvgIpc) is 3.33. The van der Waals surface area contributed by atoms with Crippen molar-refractivity contribution in [3.8, 4) is 22.8 Å². The Morgan fingerprint density at radius 2 is 2.00 bits per heavy atom. The number of rotatable bonds is 5. The van der Waals surface area contributed by atoms with E-state index in [-0.39, 0.29) is 0 Å². The van der Waals surface area contributed by atoms with Crippen molar-refractivity contribution in [2.75, 3.05) is 19.5 Å². The van der Waals surface area contributed by atoms with Gasteiger partial charge in [0, 0.05) is 41.3 Å². The van der Waals surface area contributed by atoms with E-state index in [1.54, 1.807) is 31.8 Å². The number of hydrogen-bond donors (Lipinski definition) is 1. The van der Waals surface area contributed by atoms with Gasteiger partial charge in [-0.3, -0.25) is 0 Å². The third kappa shape index (κ3) is 2.89. The minimum atomic E-state index is 0.654. The number of methoxy groups -OCH3 is 2. The molecule has 126 valence electrons. The van der Waals surface area contributed by atoms with Crippen LogP contribution in [-0.4, -0.2) is 28.6 Å². The molecule has 4 aromatic rings. The van der Waals surface area contributed by atoms with Crippen LogP contribution in [0.4, 0.5) is 11.5 Å². The molecule has 4 rings (SSSR count). The molecule has 0 aliphatic heterocycles. The van der Waals surface area contributed by atoms with E-state index >= 15 is 0 Å². The molecule has 0 bridgehead atoms. The van der Waals surface area contributed by atoms with E-state index in [1.165, 1.54) is 0 Å². The van der Waals surface area contributed by atoms with Crippen molar-refractivity contribution < 1.29 is 9.47 Å². The molecule has 25 heavy (non-hydrogen) atoms. The summed E-state index contributed by atoms with van der Waals surface area (Å²) < 4.78 is 12.6. The third-order valence-electron chi connectivity index (χ3n) is 3.84. The number of hydrogen-bond acceptors (Lipinski definition) is 6. The Labute approximate surface area is 148 Å². The lowest BCUT2D eigenvalue weighted by molar-refractivity contribution is 0.355. The second-order valence-electron chi connectivity index (χ2n) is 5.34. The number of imidazole rings is 1. The Hall–Kier alpha value is -3.06. The van der Waals surface area contributed by atoms with Gasteiger partial charge in [-0.15, -0.1) is 0 Å². The lowest BCUT2D eigenvalue weighted by Gasteiger charge is -2.12. The second-order valence-corrected chi connectivity index (χ2v) is 6.12. The fraction of sp³-hybridized carbons (Fsp3) is 0.111. The number of benzene rings is 1. The van der Waals surface area contributed by atoms with E-state index in [0.29, 0.717) is 17.3 Å². The minimum absolute atomic E-state index is 0.654. The third-order valence-corrected chi connectivity index (χ3v) is 4.52. The van der Waals surface area contributed by atoms with E-state index in [1.807, 2.05) is 40.4 Å². The molecule has 1 aromatic carbocycles. The zero-order valence-corrected chi connectivity index (χ0v) is 14.6. The predicted molar refractivity (Wildman–Crippen MR) is 99.1 cm³/mol. The van der Waals surface area contributed by atoms with E-state index in [4.69, 9.17) is 14.5 Å². The second kappa shape index (κ2) is 6.45. The number of thiophene rings is 1. The highest BCUT2D eigenvalue weighted by atomic mass is 32.1. The van der Waals surface area contributed by atoms with Gasteiger partial charge in [0.25, 0.3) is 0 Å². The number of aromatic nitrogens is 3. The Balaban J connectivity index is 1.77. The van der Waals surface area contributed by atoms with Crippen molar-refractivity contribution >= 4 is 28.5 Å². The van der Waals surface area contributed by atoms with Gasteiger partial charge in [0.15, 0.2) is 23.0 Å². The topological polar surface area (TPSA) is 60.7 Å². The van der Waals surface area contributed by atoms with Crippen LogP contribution in [-0.2, 0) is 0 Å². The van der Waals surface area contributed by atoms with Gasteiger partial charge in [0.05, 0.1) is 19.9 Å². The van der Waals surface area contributed by atoms with Gasteiger partial charge < -0.3 is 19.2 Å². The van der Waals surface area contributed by atoms with E-state index in [0.717, 1.165) is 22.6 Å². The van der Waals surface area contributed by atoms with Gasteiger partial charge >= 0.3 is 0 Å². The minimum Gasteiger partial charge on any atom is -0.493 e. The Bertz CT molecular complexity index is 1010. The van der Waals surface area contributed by atoms with Crippen LogP contribution in [0.2, 0.25) is 0 Å². The molecule has 7 heteroatoms. The normalized spacial score (nSPS) is 10.8. The summed E-state index contributed by atoms with van der Waals surface area (Å²) in [6.45, 7) is 0. The summed E-state index contributed by atoms with van der Waals surface area (Å²) in [7, 11) is 3.23. The fourth-order valence-electron chi connectivity index (χ4n) is 2.62. The summed E-state index contributed by atoms with van der Waals surface area (Å²) in [5, 5.41) is 7.45. The van der Waals surface area contributed by atoms with Gasteiger partial charge in [-0.25, -0.2) is 9.97 Å². The number of nitrogens with zero attached hydrogens (tertiary/aromatic N) is 3. The summed E-state index contributed by atoms with van der Waals surface area (Å²) in [5.41, 5.74) is 3.57. The fourth-order valence-corrected chi connectivity index (χ4v) is 3.27. The maximum atomic E-state index is 5.36. The van der Waals surface area contributed by atoms with Crippen LogP contribution in [0.3, 0.4) is 0 Å². The predicted octanol–water partition coefficient (Wildman–Crippen LogP) is 4.22. The maximum absolute atomic E-state index is 5.36. The van der Waals surface area contributed by atoms with Gasteiger partial charge in [0.1, 0.15) is 0 Å². The first-order valence-electron chi connectivity index (χ1n) is 7.64. The molecule has 0 radical (unpaired) electrons. The highest BCUT2D eigenvalue weighted by molar-refractivity contribution is 7.08. The summed E-state index contributed by atoms with van der Waals surface area (Å²) in [5.74, 6) is 2.01. The summed E-state index contributed by atoms with van der Waals surface area (Å²) in [6, 6.07) is 7.69. The standard InChI is InChI=1S/C18H16N4O2S/c1-23-15-4-3-13(9-16(15)24-2)20-17-18-19-6-7-22(18)10-14(21-17)12-5-8-25-11-12/h3-11H,1-2H3,(H,20,21). The first-order chi connectivity index (χ1) is 12.3. The van der Waals surface area contributed by atoms with Crippen molar-refractivity contribution in [1.29, 1.82) is 0 Å². The summed E-state index contributed by atoms with van der Waals surface area (Å²) in [6.07, 6.45) is 5.64. The largest absolute Gasteiger partial charge is 0.493 e. The van der Waals surface area contributed by atoms with Crippen LogP contribution < -0.4 is 14.8 Å². The van der Waals surface area contributed by atoms with Crippen LogP contribution in [0.5, 0.6) is 11.5 Å². The van der Waals surface area contributed by atoms with Crippen molar-refractivity contribution in [2.24, 2.45) is 0 Å². The zero-order chi connectivity index (χ0) is 17.2. The summed E-state index contributed by atoms with van der Waals surface area (Å²) >= 11 is 1.65. The highest BCUT2D eigenvalue weighted by Crippen LogP contribution is 2.32. The molecule has 6 nitrogen and oxygen atoms in total. The zero-order valence-electron chi connectivity index (χ0n) is 13.8. The molecule has 0 spiro atoms. The SMILES string of the molecule is COc1ccc(Nc2nc(-c3ccsc3)cn3ccnc23)cc1OC. The molecule has 0 aliphatic carbocycles. The number of anilines is 2. The van der Waals surface area contributed by atoms with Crippen LogP contribution >= 0.6 is 11.3 Å². The van der Waals surface area contributed by atoms with Gasteiger partial charge in [-0.05, 0) is 23.6 Å². The van der Waals surface area contributed by atoms with Gasteiger partial charge in [0.2, 0.25) is 0 Å². The molecular weight excluding hydrogens is 336 g/mol. The molecule has 0 amide bonds. The monoisotopic (exact) mass is 352 g/mol. The molecule has 0 saturated heterocycles.